The highest BCUT2D eigenvalue weighted by Gasteiger charge is 2.23. The molecule has 0 fully saturated rings. The van der Waals surface area contributed by atoms with Gasteiger partial charge in [0.1, 0.15) is 0 Å². The first kappa shape index (κ1) is 17.1. The van der Waals surface area contributed by atoms with Crippen LogP contribution in [0.2, 0.25) is 0 Å². The maximum Gasteiger partial charge on any atom is 0.313 e. The van der Waals surface area contributed by atoms with Crippen LogP contribution in [0.15, 0.2) is 42.6 Å². The van der Waals surface area contributed by atoms with Crippen molar-refractivity contribution >= 4 is 17.5 Å². The summed E-state index contributed by atoms with van der Waals surface area (Å²) in [7, 11) is 0. The van der Waals surface area contributed by atoms with Crippen LogP contribution in [0.3, 0.4) is 0 Å². The van der Waals surface area contributed by atoms with Crippen molar-refractivity contribution in [3.8, 4) is 0 Å². The molecule has 2 aromatic rings. The lowest BCUT2D eigenvalue weighted by Crippen LogP contribution is -2.39. The molecule has 5 heteroatoms. The molecule has 130 valence electrons. The molecule has 0 aliphatic heterocycles. The van der Waals surface area contributed by atoms with Crippen molar-refractivity contribution in [2.24, 2.45) is 5.92 Å². The molecule has 2 N–H and O–H groups in total. The van der Waals surface area contributed by atoms with Gasteiger partial charge in [0.2, 0.25) is 0 Å². The smallest absolute Gasteiger partial charge is 0.313 e. The van der Waals surface area contributed by atoms with Gasteiger partial charge in [-0.1, -0.05) is 26.0 Å². The Morgan fingerprint density at radius 1 is 1.04 bits per heavy atom. The van der Waals surface area contributed by atoms with Gasteiger partial charge in [-0.15, -0.1) is 0 Å². The number of aryl methyl sites for hydroxylation is 2. The Kier molecular flexibility index (Phi) is 5.12. The van der Waals surface area contributed by atoms with Crippen molar-refractivity contribution in [3.63, 3.8) is 0 Å². The van der Waals surface area contributed by atoms with E-state index in [0.29, 0.717) is 5.69 Å². The molecule has 25 heavy (non-hydrogen) atoms. The number of hydrogen-bond acceptors (Lipinski definition) is 3. The number of carbonyl (C=O) groups excluding carboxylic acids is 2. The van der Waals surface area contributed by atoms with Crippen LogP contribution in [0.1, 0.15) is 43.1 Å². The van der Waals surface area contributed by atoms with Crippen molar-refractivity contribution in [2.75, 3.05) is 5.32 Å². The van der Waals surface area contributed by atoms with Crippen LogP contribution in [0.4, 0.5) is 5.69 Å². The summed E-state index contributed by atoms with van der Waals surface area (Å²) in [4.78, 5) is 28.9. The van der Waals surface area contributed by atoms with Crippen LogP contribution < -0.4 is 10.6 Å². The van der Waals surface area contributed by atoms with Gasteiger partial charge in [0.25, 0.3) is 0 Å². The standard InChI is InChI=1S/C20H23N3O2/c1-13(2)18(17-8-3-4-11-21-17)23-20(25)19(24)22-16-10-9-14-6-5-7-15(14)12-16/h3-4,8-13,18H,5-7H2,1-2H3,(H,22,24)(H,23,25). The Labute approximate surface area is 147 Å². The fourth-order valence-electron chi connectivity index (χ4n) is 3.19. The summed E-state index contributed by atoms with van der Waals surface area (Å²) in [5, 5.41) is 5.49. The predicted octanol–water partition coefficient (Wildman–Crippen LogP) is 3.02. The third kappa shape index (κ3) is 4.05. The first-order chi connectivity index (χ1) is 12.0. The van der Waals surface area contributed by atoms with Gasteiger partial charge in [0.15, 0.2) is 0 Å². The van der Waals surface area contributed by atoms with Crippen molar-refractivity contribution in [1.82, 2.24) is 10.3 Å². The first-order valence-corrected chi connectivity index (χ1v) is 8.69. The number of hydrogen-bond donors (Lipinski definition) is 2. The molecule has 0 saturated heterocycles. The van der Waals surface area contributed by atoms with Gasteiger partial charge in [-0.3, -0.25) is 14.6 Å². The first-order valence-electron chi connectivity index (χ1n) is 8.69. The summed E-state index contributed by atoms with van der Waals surface area (Å²) >= 11 is 0. The SMILES string of the molecule is CC(C)C(NC(=O)C(=O)Nc1ccc2c(c1)CCC2)c1ccccn1. The molecule has 0 spiro atoms. The van der Waals surface area contributed by atoms with E-state index in [1.807, 2.05) is 50.2 Å². The lowest BCUT2D eigenvalue weighted by atomic mass is 10.0. The Balaban J connectivity index is 1.66. The Morgan fingerprint density at radius 2 is 1.84 bits per heavy atom. The Morgan fingerprint density at radius 3 is 2.56 bits per heavy atom. The molecular weight excluding hydrogens is 314 g/mol. The van der Waals surface area contributed by atoms with E-state index >= 15 is 0 Å². The second-order valence-corrected chi connectivity index (χ2v) is 6.74. The maximum atomic E-state index is 12.3. The van der Waals surface area contributed by atoms with Gasteiger partial charge in [0.05, 0.1) is 11.7 Å². The van der Waals surface area contributed by atoms with Crippen molar-refractivity contribution in [1.29, 1.82) is 0 Å². The molecule has 0 radical (unpaired) electrons. The highest BCUT2D eigenvalue weighted by Crippen LogP contribution is 2.25. The van der Waals surface area contributed by atoms with E-state index in [2.05, 4.69) is 15.6 Å². The average molecular weight is 337 g/mol. The van der Waals surface area contributed by atoms with Gasteiger partial charge >= 0.3 is 11.8 Å². The van der Waals surface area contributed by atoms with Gasteiger partial charge in [-0.05, 0) is 60.6 Å². The van der Waals surface area contributed by atoms with Crippen LogP contribution in [0.5, 0.6) is 0 Å². The third-order valence-corrected chi connectivity index (χ3v) is 4.52. The second-order valence-electron chi connectivity index (χ2n) is 6.74. The number of pyridine rings is 1. The van der Waals surface area contributed by atoms with Crippen molar-refractivity contribution in [3.05, 3.63) is 59.4 Å². The third-order valence-electron chi connectivity index (χ3n) is 4.52. The molecule has 3 rings (SSSR count). The van der Waals surface area contributed by atoms with Crippen LogP contribution in [-0.4, -0.2) is 16.8 Å². The molecule has 1 heterocycles. The zero-order valence-corrected chi connectivity index (χ0v) is 14.6. The Bertz CT molecular complexity index is 772. The molecule has 1 aromatic heterocycles. The molecule has 2 amide bonds. The molecule has 0 saturated carbocycles. The number of fused-ring (bicyclic) bond motifs is 1. The fourth-order valence-corrected chi connectivity index (χ4v) is 3.19. The summed E-state index contributed by atoms with van der Waals surface area (Å²) in [6, 6.07) is 11.1. The zero-order chi connectivity index (χ0) is 17.8. The summed E-state index contributed by atoms with van der Waals surface area (Å²) in [5.41, 5.74) is 4.00. The number of nitrogens with zero attached hydrogens (tertiary/aromatic N) is 1. The van der Waals surface area contributed by atoms with E-state index in [4.69, 9.17) is 0 Å². The fraction of sp³-hybridized carbons (Fsp3) is 0.350. The number of aromatic nitrogens is 1. The number of amides is 2. The van der Waals surface area contributed by atoms with Crippen LogP contribution in [-0.2, 0) is 22.4 Å². The highest BCUT2D eigenvalue weighted by molar-refractivity contribution is 6.39. The van der Waals surface area contributed by atoms with Crippen molar-refractivity contribution in [2.45, 2.75) is 39.2 Å². The number of nitrogens with one attached hydrogen (secondary N) is 2. The normalized spacial score (nSPS) is 14.0. The van der Waals surface area contributed by atoms with E-state index in [1.54, 1.807) is 6.20 Å². The monoisotopic (exact) mass is 337 g/mol. The molecule has 1 aliphatic rings. The minimum atomic E-state index is -0.653. The quantitative estimate of drug-likeness (QED) is 0.843. The maximum absolute atomic E-state index is 12.3. The Hall–Kier alpha value is -2.69. The van der Waals surface area contributed by atoms with E-state index in [-0.39, 0.29) is 12.0 Å². The lowest BCUT2D eigenvalue weighted by Gasteiger charge is -2.21. The van der Waals surface area contributed by atoms with Crippen LogP contribution >= 0.6 is 0 Å². The lowest BCUT2D eigenvalue weighted by molar-refractivity contribution is -0.136. The van der Waals surface area contributed by atoms with E-state index in [0.717, 1.165) is 25.0 Å². The van der Waals surface area contributed by atoms with Crippen molar-refractivity contribution < 1.29 is 9.59 Å². The van der Waals surface area contributed by atoms with E-state index in [1.165, 1.54) is 11.1 Å². The molecule has 1 aliphatic carbocycles. The topological polar surface area (TPSA) is 71.1 Å². The summed E-state index contributed by atoms with van der Waals surface area (Å²) in [5.74, 6) is -1.18. The molecule has 1 aromatic carbocycles. The molecule has 0 bridgehead atoms. The largest absolute Gasteiger partial charge is 0.339 e. The summed E-state index contributed by atoms with van der Waals surface area (Å²) in [6.45, 7) is 3.97. The molecule has 1 unspecified atom stereocenters. The van der Waals surface area contributed by atoms with Gasteiger partial charge in [0, 0.05) is 11.9 Å². The van der Waals surface area contributed by atoms with E-state index in [9.17, 15) is 9.59 Å². The second kappa shape index (κ2) is 7.47. The minimum absolute atomic E-state index is 0.117. The number of carbonyl (C=O) groups is 2. The van der Waals surface area contributed by atoms with Crippen LogP contribution in [0.25, 0.3) is 0 Å². The van der Waals surface area contributed by atoms with Gasteiger partial charge in [-0.2, -0.15) is 0 Å². The van der Waals surface area contributed by atoms with Gasteiger partial charge < -0.3 is 10.6 Å². The summed E-state index contributed by atoms with van der Waals surface area (Å²) < 4.78 is 0. The molecular formula is C20H23N3O2. The minimum Gasteiger partial charge on any atom is -0.339 e. The van der Waals surface area contributed by atoms with Crippen LogP contribution in [0, 0.1) is 5.92 Å². The number of rotatable bonds is 4. The number of benzene rings is 1. The zero-order valence-electron chi connectivity index (χ0n) is 14.6. The molecule has 5 nitrogen and oxygen atoms in total. The highest BCUT2D eigenvalue weighted by atomic mass is 16.2. The predicted molar refractivity (Wildman–Crippen MR) is 97.1 cm³/mol. The summed E-state index contributed by atoms with van der Waals surface area (Å²) in [6.07, 6.45) is 4.94. The van der Waals surface area contributed by atoms with E-state index < -0.39 is 11.8 Å². The molecule has 1 atom stereocenters. The number of anilines is 1. The van der Waals surface area contributed by atoms with Gasteiger partial charge in [-0.25, -0.2) is 0 Å². The average Bonchev–Trinajstić information content (AvgIpc) is 3.07.